The van der Waals surface area contributed by atoms with Crippen molar-refractivity contribution >= 4 is 23.8 Å². The van der Waals surface area contributed by atoms with E-state index in [1.54, 1.807) is 9.47 Å². The molecule has 10 nitrogen and oxygen atoms in total. The van der Waals surface area contributed by atoms with Gasteiger partial charge in [0.05, 0.1) is 10.8 Å². The second-order valence-corrected chi connectivity index (χ2v) is 12.9. The van der Waals surface area contributed by atoms with Gasteiger partial charge in [-0.3, -0.25) is 14.4 Å². The predicted molar refractivity (Wildman–Crippen MR) is 158 cm³/mol. The van der Waals surface area contributed by atoms with Crippen molar-refractivity contribution < 1.29 is 33.0 Å². The molecule has 0 saturated carbocycles. The van der Waals surface area contributed by atoms with E-state index in [0.29, 0.717) is 12.8 Å². The molecule has 2 aromatic carbocycles. The van der Waals surface area contributed by atoms with E-state index in [1.807, 2.05) is 37.3 Å². The molecule has 6 rings (SSSR count). The predicted octanol–water partition coefficient (Wildman–Crippen LogP) is 3.57. The molecule has 3 aromatic rings. The number of pyridine rings is 1. The van der Waals surface area contributed by atoms with Crippen LogP contribution >= 0.6 is 11.9 Å². The van der Waals surface area contributed by atoms with E-state index in [9.17, 15) is 28.3 Å². The number of hydrogen-bond donors (Lipinski definition) is 2. The van der Waals surface area contributed by atoms with Crippen LogP contribution in [-0.4, -0.2) is 61.0 Å². The molecule has 2 amide bonds. The maximum absolute atomic E-state index is 14.7. The molecule has 0 aliphatic carbocycles. The van der Waals surface area contributed by atoms with Gasteiger partial charge in [0.1, 0.15) is 23.8 Å². The summed E-state index contributed by atoms with van der Waals surface area (Å²) in [6.45, 7) is 1.98. The monoisotopic (exact) mass is 626 g/mol. The van der Waals surface area contributed by atoms with Gasteiger partial charge in [-0.1, -0.05) is 48.3 Å². The molecule has 13 heteroatoms. The zero-order valence-corrected chi connectivity index (χ0v) is 25.0. The number of nitrogens with two attached hydrogens (primary N) is 1. The van der Waals surface area contributed by atoms with Gasteiger partial charge in [-0.05, 0) is 31.4 Å². The normalized spacial score (nSPS) is 26.5. The van der Waals surface area contributed by atoms with Crippen LogP contribution in [-0.2, 0) is 17.9 Å². The Hall–Kier alpha value is -3.78. The molecular weight excluding hydrogens is 594 g/mol. The van der Waals surface area contributed by atoms with Gasteiger partial charge in [0, 0.05) is 50.5 Å². The fourth-order valence-corrected chi connectivity index (χ4v) is 8.11. The third kappa shape index (κ3) is 5.07. The Labute approximate surface area is 256 Å². The summed E-state index contributed by atoms with van der Waals surface area (Å²) in [5.74, 6) is -5.00. The molecule has 1 aromatic heterocycles. The Morgan fingerprint density at radius 3 is 2.61 bits per heavy atom. The highest BCUT2D eigenvalue weighted by Crippen LogP contribution is 2.59. The van der Waals surface area contributed by atoms with Gasteiger partial charge in [-0.15, -0.1) is 0 Å². The molecule has 2 saturated heterocycles. The molecule has 4 atom stereocenters. The molecule has 2 bridgehead atoms. The van der Waals surface area contributed by atoms with Crippen molar-refractivity contribution in [3.05, 3.63) is 99.0 Å². The van der Waals surface area contributed by atoms with Crippen molar-refractivity contribution in [3.63, 3.8) is 0 Å². The zero-order valence-electron chi connectivity index (χ0n) is 24.2. The quantitative estimate of drug-likeness (QED) is 0.301. The van der Waals surface area contributed by atoms with Crippen molar-refractivity contribution in [1.29, 1.82) is 0 Å². The van der Waals surface area contributed by atoms with Crippen molar-refractivity contribution in [1.82, 2.24) is 13.8 Å². The van der Waals surface area contributed by atoms with Gasteiger partial charge in [-0.25, -0.2) is 8.78 Å². The molecule has 3 aliphatic heterocycles. The number of nitrogens with zero attached hydrogens (tertiary/aromatic N) is 3. The first kappa shape index (κ1) is 30.3. The number of ether oxygens (including phenoxy) is 2. The summed E-state index contributed by atoms with van der Waals surface area (Å²) in [7, 11) is 1.34. The van der Waals surface area contributed by atoms with Crippen molar-refractivity contribution in [2.24, 2.45) is 5.73 Å². The van der Waals surface area contributed by atoms with Crippen LogP contribution in [0, 0.1) is 11.6 Å². The second kappa shape index (κ2) is 11.3. The van der Waals surface area contributed by atoms with E-state index in [0.717, 1.165) is 17.7 Å². The smallest absolute Gasteiger partial charge is 0.274 e. The van der Waals surface area contributed by atoms with Gasteiger partial charge in [0.25, 0.3) is 11.8 Å². The molecule has 2 fully saturated rings. The fraction of sp³-hybridized carbons (Fsp3) is 0.387. The standard InChI is InChI=1S/C31H32F2N4O6S/c1-18-10-11-30(17-31(41,42-2)37(44-30)13-20-8-9-21(32)12-23(20)33)24-15-35(18)29(40)25-27(43-16-19-6-4-3-5-7-19)26(38)22(28(34)39)14-36(24)25/h3-9,12,14,18,24,41H,10-11,13,15-17H2,1-2H3,(H2,34,39)/t18-,24+,30+,31?/m0/s1. The van der Waals surface area contributed by atoms with Gasteiger partial charge in [0.15, 0.2) is 11.4 Å². The van der Waals surface area contributed by atoms with Crippen LogP contribution < -0.4 is 15.9 Å². The SMILES string of the molecule is COC1(O)C[C@@]2(CC[C@H](C)N3C[C@H]2n2cc(C(N)=O)c(=O)c(OCc4ccccc4)c2C3=O)SN1Cc1ccc(F)cc1F. The van der Waals surface area contributed by atoms with E-state index >= 15 is 0 Å². The summed E-state index contributed by atoms with van der Waals surface area (Å²) < 4.78 is 42.2. The number of rotatable bonds is 7. The number of halogens is 2. The largest absolute Gasteiger partial charge is 0.483 e. The topological polar surface area (TPSA) is 127 Å². The highest BCUT2D eigenvalue weighted by atomic mass is 32.2. The van der Waals surface area contributed by atoms with Crippen LogP contribution in [0.15, 0.2) is 59.5 Å². The molecule has 0 radical (unpaired) electrons. The highest BCUT2D eigenvalue weighted by Gasteiger charge is 2.61. The molecule has 44 heavy (non-hydrogen) atoms. The molecular formula is C31H32F2N4O6S. The first-order valence-electron chi connectivity index (χ1n) is 14.2. The Morgan fingerprint density at radius 1 is 1.18 bits per heavy atom. The van der Waals surface area contributed by atoms with Crippen LogP contribution in [0.1, 0.15) is 64.2 Å². The highest BCUT2D eigenvalue weighted by molar-refractivity contribution is 7.98. The minimum atomic E-state index is -1.86. The molecule has 3 N–H and O–H groups in total. The average Bonchev–Trinajstić information content (AvgIpc) is 3.22. The second-order valence-electron chi connectivity index (χ2n) is 11.5. The zero-order chi connectivity index (χ0) is 31.4. The number of carbonyl (C=O) groups is 2. The van der Waals surface area contributed by atoms with Crippen molar-refractivity contribution in [2.75, 3.05) is 13.7 Å². The molecule has 232 valence electrons. The summed E-state index contributed by atoms with van der Waals surface area (Å²) in [6.07, 6.45) is 2.40. The molecule has 1 spiro atoms. The van der Waals surface area contributed by atoms with Gasteiger partial charge < -0.3 is 29.8 Å². The van der Waals surface area contributed by atoms with Gasteiger partial charge in [0.2, 0.25) is 11.3 Å². The van der Waals surface area contributed by atoms with Crippen molar-refractivity contribution in [3.8, 4) is 5.75 Å². The lowest BCUT2D eigenvalue weighted by Gasteiger charge is -2.43. The number of amides is 2. The van der Waals surface area contributed by atoms with E-state index in [2.05, 4.69) is 0 Å². The Balaban J connectivity index is 1.47. The molecule has 3 aliphatic rings. The van der Waals surface area contributed by atoms with E-state index in [-0.39, 0.29) is 54.7 Å². The first-order chi connectivity index (χ1) is 21.0. The minimum Gasteiger partial charge on any atom is -0.483 e. The number of carbonyl (C=O) groups excluding carboxylic acids is 2. The van der Waals surface area contributed by atoms with Crippen LogP contribution in [0.25, 0.3) is 0 Å². The number of aliphatic hydroxyl groups is 1. The molecule has 4 heterocycles. The number of aromatic nitrogens is 1. The van der Waals surface area contributed by atoms with Crippen molar-refractivity contribution in [2.45, 2.75) is 62.1 Å². The third-order valence-corrected chi connectivity index (χ3v) is 10.5. The lowest BCUT2D eigenvalue weighted by atomic mass is 9.87. The molecule has 1 unspecified atom stereocenters. The Morgan fingerprint density at radius 2 is 1.93 bits per heavy atom. The maximum atomic E-state index is 14.7. The first-order valence-corrected chi connectivity index (χ1v) is 15.0. The van der Waals surface area contributed by atoms with Crippen LogP contribution in [0.5, 0.6) is 5.75 Å². The summed E-state index contributed by atoms with van der Waals surface area (Å²) >= 11 is 1.26. The summed E-state index contributed by atoms with van der Waals surface area (Å²) in [4.78, 5) is 41.8. The van der Waals surface area contributed by atoms with Crippen LogP contribution in [0.4, 0.5) is 8.78 Å². The van der Waals surface area contributed by atoms with Crippen LogP contribution in [0.2, 0.25) is 0 Å². The Kier molecular flexibility index (Phi) is 7.77. The average molecular weight is 627 g/mol. The van der Waals surface area contributed by atoms with E-state index in [1.165, 1.54) is 35.6 Å². The Bertz CT molecular complexity index is 1690. The number of fused-ring (bicyclic) bond motifs is 5. The minimum absolute atomic E-state index is 0.00936. The summed E-state index contributed by atoms with van der Waals surface area (Å²) in [6, 6.07) is 11.5. The van der Waals surface area contributed by atoms with Gasteiger partial charge in [-0.2, -0.15) is 4.31 Å². The fourth-order valence-electron chi connectivity index (χ4n) is 6.42. The van der Waals surface area contributed by atoms with E-state index < -0.39 is 45.6 Å². The number of methoxy groups -OCH3 is 1. The number of hydrogen-bond acceptors (Lipinski definition) is 8. The number of benzene rings is 2. The van der Waals surface area contributed by atoms with Gasteiger partial charge >= 0.3 is 0 Å². The lowest BCUT2D eigenvalue weighted by Crippen LogP contribution is -2.51. The third-order valence-electron chi connectivity index (χ3n) is 8.84. The summed E-state index contributed by atoms with van der Waals surface area (Å²) in [5, 5.41) is 11.7. The summed E-state index contributed by atoms with van der Waals surface area (Å²) in [5.41, 5.74) is 5.43. The van der Waals surface area contributed by atoms with E-state index in [4.69, 9.17) is 15.2 Å². The lowest BCUT2D eigenvalue weighted by molar-refractivity contribution is -0.251. The number of primary amides is 1. The maximum Gasteiger partial charge on any atom is 0.274 e. The van der Waals surface area contributed by atoms with Crippen LogP contribution in [0.3, 0.4) is 0 Å².